The number of nitrogens with one attached hydrogen (secondary N) is 1. The molecule has 0 bridgehead atoms. The predicted molar refractivity (Wildman–Crippen MR) is 71.6 cm³/mol. The zero-order valence-corrected chi connectivity index (χ0v) is 12.0. The van der Waals surface area contributed by atoms with Crippen LogP contribution in [-0.4, -0.2) is 17.5 Å². The van der Waals surface area contributed by atoms with Crippen molar-refractivity contribution in [3.8, 4) is 0 Å². The largest absolute Gasteiger partial charge is 0.351 e. The monoisotopic (exact) mass is 240 g/mol. The summed E-state index contributed by atoms with van der Waals surface area (Å²) in [4.78, 5) is 12.0. The van der Waals surface area contributed by atoms with Crippen molar-refractivity contribution in [2.45, 2.75) is 71.9 Å². The zero-order valence-electron chi connectivity index (χ0n) is 12.0. The summed E-state index contributed by atoms with van der Waals surface area (Å²) < 4.78 is 0. The minimum atomic E-state index is -0.778. The standard InChI is InChI=1S/C14H28N2O/c1-13(2,3)10-8-6-7-9-11(10)16-12(17)14(4,5)15/h10-11H,6-9,15H2,1-5H3,(H,16,17). The molecule has 100 valence electrons. The Morgan fingerprint density at radius 3 is 2.12 bits per heavy atom. The molecule has 3 heteroatoms. The quantitative estimate of drug-likeness (QED) is 0.779. The van der Waals surface area contributed by atoms with Crippen LogP contribution in [0.25, 0.3) is 0 Å². The Balaban J connectivity index is 2.70. The fraction of sp³-hybridized carbons (Fsp3) is 0.929. The smallest absolute Gasteiger partial charge is 0.239 e. The van der Waals surface area contributed by atoms with Crippen LogP contribution in [0.3, 0.4) is 0 Å². The van der Waals surface area contributed by atoms with Gasteiger partial charge in [-0.15, -0.1) is 0 Å². The van der Waals surface area contributed by atoms with Crippen molar-refractivity contribution in [3.63, 3.8) is 0 Å². The Labute approximate surface area is 106 Å². The molecule has 0 aromatic carbocycles. The van der Waals surface area contributed by atoms with Crippen LogP contribution in [0.5, 0.6) is 0 Å². The summed E-state index contributed by atoms with van der Waals surface area (Å²) in [5.74, 6) is 0.529. The minimum absolute atomic E-state index is 0.0290. The Bertz CT molecular complexity index is 273. The molecule has 3 nitrogen and oxygen atoms in total. The fourth-order valence-corrected chi connectivity index (χ4v) is 2.69. The molecule has 1 fully saturated rings. The van der Waals surface area contributed by atoms with Gasteiger partial charge >= 0.3 is 0 Å². The highest BCUT2D eigenvalue weighted by Crippen LogP contribution is 2.38. The normalized spacial score (nSPS) is 26.7. The first-order valence-corrected chi connectivity index (χ1v) is 6.72. The number of hydrogen-bond acceptors (Lipinski definition) is 2. The van der Waals surface area contributed by atoms with Gasteiger partial charge in [-0.1, -0.05) is 33.6 Å². The lowest BCUT2D eigenvalue weighted by Gasteiger charge is -2.41. The van der Waals surface area contributed by atoms with Gasteiger partial charge in [0.25, 0.3) is 0 Å². The van der Waals surface area contributed by atoms with Crippen molar-refractivity contribution in [1.82, 2.24) is 5.32 Å². The molecule has 0 heterocycles. The lowest BCUT2D eigenvalue weighted by Crippen LogP contribution is -2.55. The SMILES string of the molecule is CC(C)(N)C(=O)NC1CCCCC1C(C)(C)C. The van der Waals surface area contributed by atoms with E-state index in [1.807, 2.05) is 0 Å². The summed E-state index contributed by atoms with van der Waals surface area (Å²) >= 11 is 0. The maximum atomic E-state index is 12.0. The first-order valence-electron chi connectivity index (χ1n) is 6.72. The predicted octanol–water partition coefficient (Wildman–Crippen LogP) is 2.44. The van der Waals surface area contributed by atoms with Gasteiger partial charge in [0.15, 0.2) is 0 Å². The molecular formula is C14H28N2O. The summed E-state index contributed by atoms with van der Waals surface area (Å²) in [7, 11) is 0. The molecule has 1 rings (SSSR count). The van der Waals surface area contributed by atoms with E-state index < -0.39 is 5.54 Å². The van der Waals surface area contributed by atoms with E-state index in [1.54, 1.807) is 13.8 Å². The second kappa shape index (κ2) is 4.97. The highest BCUT2D eigenvalue weighted by Gasteiger charge is 2.36. The van der Waals surface area contributed by atoms with Crippen LogP contribution in [0.1, 0.15) is 60.3 Å². The van der Waals surface area contributed by atoms with Crippen LogP contribution in [0.15, 0.2) is 0 Å². The van der Waals surface area contributed by atoms with Gasteiger partial charge in [-0.2, -0.15) is 0 Å². The maximum Gasteiger partial charge on any atom is 0.239 e. The zero-order chi connectivity index (χ0) is 13.3. The van der Waals surface area contributed by atoms with Crippen molar-refractivity contribution >= 4 is 5.91 Å². The molecule has 0 aliphatic heterocycles. The van der Waals surface area contributed by atoms with Crippen molar-refractivity contribution in [1.29, 1.82) is 0 Å². The lowest BCUT2D eigenvalue weighted by atomic mass is 9.69. The minimum Gasteiger partial charge on any atom is -0.351 e. The molecule has 2 atom stereocenters. The van der Waals surface area contributed by atoms with Gasteiger partial charge < -0.3 is 11.1 Å². The second-order valence-electron chi connectivity index (χ2n) is 7.06. The van der Waals surface area contributed by atoms with Crippen molar-refractivity contribution in [2.75, 3.05) is 0 Å². The second-order valence-corrected chi connectivity index (χ2v) is 7.06. The highest BCUT2D eigenvalue weighted by molar-refractivity contribution is 5.85. The molecule has 0 saturated heterocycles. The number of rotatable bonds is 2. The topological polar surface area (TPSA) is 55.1 Å². The van der Waals surface area contributed by atoms with Crippen LogP contribution in [0.2, 0.25) is 0 Å². The number of nitrogens with two attached hydrogens (primary N) is 1. The van der Waals surface area contributed by atoms with E-state index in [0.717, 1.165) is 6.42 Å². The van der Waals surface area contributed by atoms with E-state index in [0.29, 0.717) is 12.0 Å². The summed E-state index contributed by atoms with van der Waals surface area (Å²) in [5.41, 5.74) is 5.31. The molecule has 1 aliphatic carbocycles. The number of amides is 1. The molecule has 0 aromatic heterocycles. The number of hydrogen-bond donors (Lipinski definition) is 2. The molecule has 0 spiro atoms. The Hall–Kier alpha value is -0.570. The van der Waals surface area contributed by atoms with Gasteiger partial charge in [0.1, 0.15) is 0 Å². The van der Waals surface area contributed by atoms with Crippen LogP contribution in [0.4, 0.5) is 0 Å². The van der Waals surface area contributed by atoms with Gasteiger partial charge in [0, 0.05) is 6.04 Å². The van der Waals surface area contributed by atoms with Gasteiger partial charge in [0.2, 0.25) is 5.91 Å². The molecule has 1 saturated carbocycles. The summed E-state index contributed by atoms with van der Waals surface area (Å²) in [6.45, 7) is 10.3. The van der Waals surface area contributed by atoms with Crippen molar-refractivity contribution in [2.24, 2.45) is 17.1 Å². The van der Waals surface area contributed by atoms with Crippen molar-refractivity contribution in [3.05, 3.63) is 0 Å². The molecule has 0 radical (unpaired) electrons. The molecule has 1 amide bonds. The molecular weight excluding hydrogens is 212 g/mol. The molecule has 3 N–H and O–H groups in total. The Morgan fingerprint density at radius 1 is 1.12 bits per heavy atom. The summed E-state index contributed by atoms with van der Waals surface area (Å²) in [6.07, 6.45) is 4.78. The third-order valence-electron chi connectivity index (χ3n) is 3.78. The van der Waals surface area contributed by atoms with Gasteiger partial charge in [-0.25, -0.2) is 0 Å². The third-order valence-corrected chi connectivity index (χ3v) is 3.78. The Kier molecular flexibility index (Phi) is 4.23. The summed E-state index contributed by atoms with van der Waals surface area (Å²) in [5, 5.41) is 3.15. The van der Waals surface area contributed by atoms with Gasteiger partial charge in [-0.3, -0.25) is 4.79 Å². The molecule has 17 heavy (non-hydrogen) atoms. The van der Waals surface area contributed by atoms with Gasteiger partial charge in [-0.05, 0) is 38.0 Å². The molecule has 2 unspecified atom stereocenters. The average molecular weight is 240 g/mol. The third kappa shape index (κ3) is 3.98. The molecule has 0 aromatic rings. The fourth-order valence-electron chi connectivity index (χ4n) is 2.69. The Morgan fingerprint density at radius 2 is 1.65 bits per heavy atom. The van der Waals surface area contributed by atoms with Crippen LogP contribution in [0, 0.1) is 11.3 Å². The summed E-state index contributed by atoms with van der Waals surface area (Å²) in [6, 6.07) is 0.291. The van der Waals surface area contributed by atoms with E-state index in [-0.39, 0.29) is 11.3 Å². The average Bonchev–Trinajstić information content (AvgIpc) is 2.15. The van der Waals surface area contributed by atoms with Crippen molar-refractivity contribution < 1.29 is 4.79 Å². The lowest BCUT2D eigenvalue weighted by molar-refractivity contribution is -0.127. The highest BCUT2D eigenvalue weighted by atomic mass is 16.2. The first kappa shape index (κ1) is 14.5. The van der Waals surface area contributed by atoms with E-state index >= 15 is 0 Å². The van der Waals surface area contributed by atoms with Crippen LogP contribution < -0.4 is 11.1 Å². The first-order chi connectivity index (χ1) is 7.62. The van der Waals surface area contributed by atoms with E-state index in [9.17, 15) is 4.79 Å². The molecule has 1 aliphatic rings. The number of carbonyl (C=O) groups excluding carboxylic acids is 1. The van der Waals surface area contributed by atoms with Crippen LogP contribution >= 0.6 is 0 Å². The van der Waals surface area contributed by atoms with E-state index in [4.69, 9.17) is 5.73 Å². The maximum absolute atomic E-state index is 12.0. The van der Waals surface area contributed by atoms with E-state index in [2.05, 4.69) is 26.1 Å². The van der Waals surface area contributed by atoms with Crippen LogP contribution in [-0.2, 0) is 4.79 Å². The van der Waals surface area contributed by atoms with E-state index in [1.165, 1.54) is 19.3 Å². The number of carbonyl (C=O) groups is 1. The van der Waals surface area contributed by atoms with Gasteiger partial charge in [0.05, 0.1) is 5.54 Å².